The molecule has 1 heterocycles. The summed E-state index contributed by atoms with van der Waals surface area (Å²) in [4.78, 5) is 21.2. The summed E-state index contributed by atoms with van der Waals surface area (Å²) in [6.45, 7) is 5.67. The van der Waals surface area contributed by atoms with Gasteiger partial charge >= 0.3 is 0 Å². The maximum atomic E-state index is 12.4. The van der Waals surface area contributed by atoms with E-state index in [9.17, 15) is 4.79 Å². The van der Waals surface area contributed by atoms with Crippen molar-refractivity contribution in [3.63, 3.8) is 0 Å². The lowest BCUT2D eigenvalue weighted by Gasteiger charge is -2.18. The topological polar surface area (TPSA) is 76.1 Å². The summed E-state index contributed by atoms with van der Waals surface area (Å²) < 4.78 is 5.23. The van der Waals surface area contributed by atoms with Crippen LogP contribution in [-0.4, -0.2) is 23.0 Å². The number of rotatable bonds is 5. The van der Waals surface area contributed by atoms with E-state index in [-0.39, 0.29) is 5.91 Å². The van der Waals surface area contributed by atoms with Gasteiger partial charge in [0.15, 0.2) is 0 Å². The van der Waals surface area contributed by atoms with Gasteiger partial charge in [-0.3, -0.25) is 4.79 Å². The van der Waals surface area contributed by atoms with Crippen molar-refractivity contribution in [3.8, 4) is 16.9 Å². The molecular formula is C26H25ClN4O2. The lowest BCUT2D eigenvalue weighted by atomic mass is 9.95. The fraction of sp³-hybridized carbons (Fsp3) is 0.192. The van der Waals surface area contributed by atoms with E-state index in [0.717, 1.165) is 33.4 Å². The van der Waals surface area contributed by atoms with Crippen molar-refractivity contribution in [1.29, 1.82) is 0 Å². The SMILES string of the molecule is COc1ccc(Nc2ncnc3ccc(-c4cccc(NC(=O)C(C)(C)C)c4)cc23)cc1Cl. The van der Waals surface area contributed by atoms with Crippen LogP contribution in [0.2, 0.25) is 5.02 Å². The number of nitrogens with one attached hydrogen (secondary N) is 2. The molecule has 0 aliphatic rings. The van der Waals surface area contributed by atoms with E-state index in [2.05, 4.69) is 20.6 Å². The number of ether oxygens (including phenoxy) is 1. The molecule has 4 aromatic rings. The standard InChI is InChI=1S/C26H25ClN4O2/c1-26(2,3)25(32)31-18-7-5-6-16(12-18)17-8-10-22-20(13-17)24(29-15-28-22)30-19-9-11-23(33-4)21(27)14-19/h5-15H,1-4H3,(H,31,32)(H,28,29,30). The van der Waals surface area contributed by atoms with Crippen LogP contribution in [0.25, 0.3) is 22.0 Å². The maximum absolute atomic E-state index is 12.4. The predicted octanol–water partition coefficient (Wildman–Crippen LogP) is 6.69. The van der Waals surface area contributed by atoms with Gasteiger partial charge in [0.25, 0.3) is 0 Å². The number of hydrogen-bond donors (Lipinski definition) is 2. The van der Waals surface area contributed by atoms with Gasteiger partial charge in [-0.1, -0.05) is 50.6 Å². The van der Waals surface area contributed by atoms with Crippen molar-refractivity contribution in [2.24, 2.45) is 5.41 Å². The number of carbonyl (C=O) groups excluding carboxylic acids is 1. The van der Waals surface area contributed by atoms with Gasteiger partial charge in [-0.2, -0.15) is 0 Å². The summed E-state index contributed by atoms with van der Waals surface area (Å²) in [7, 11) is 1.58. The molecule has 0 fully saturated rings. The van der Waals surface area contributed by atoms with Crippen molar-refractivity contribution < 1.29 is 9.53 Å². The Hall–Kier alpha value is -3.64. The highest BCUT2D eigenvalue weighted by molar-refractivity contribution is 6.32. The van der Waals surface area contributed by atoms with Crippen LogP contribution < -0.4 is 15.4 Å². The van der Waals surface area contributed by atoms with Crippen molar-refractivity contribution >= 4 is 45.6 Å². The number of hydrogen-bond acceptors (Lipinski definition) is 5. The van der Waals surface area contributed by atoms with Gasteiger partial charge in [0, 0.05) is 22.2 Å². The number of methoxy groups -OCH3 is 1. The fourth-order valence-corrected chi connectivity index (χ4v) is 3.57. The van der Waals surface area contributed by atoms with Crippen LogP contribution in [-0.2, 0) is 4.79 Å². The van der Waals surface area contributed by atoms with Crippen molar-refractivity contribution in [1.82, 2.24) is 9.97 Å². The van der Waals surface area contributed by atoms with Crippen LogP contribution >= 0.6 is 11.6 Å². The Morgan fingerprint density at radius 3 is 2.45 bits per heavy atom. The fourth-order valence-electron chi connectivity index (χ4n) is 3.31. The Balaban J connectivity index is 1.68. The molecule has 0 radical (unpaired) electrons. The molecule has 4 rings (SSSR count). The molecule has 2 N–H and O–H groups in total. The number of anilines is 3. The molecule has 0 bridgehead atoms. The maximum Gasteiger partial charge on any atom is 0.229 e. The third-order valence-corrected chi connectivity index (χ3v) is 5.48. The first-order valence-corrected chi connectivity index (χ1v) is 10.9. The molecule has 0 saturated heterocycles. The smallest absolute Gasteiger partial charge is 0.229 e. The Morgan fingerprint density at radius 1 is 0.939 bits per heavy atom. The van der Waals surface area contributed by atoms with Crippen LogP contribution in [0, 0.1) is 5.41 Å². The molecule has 33 heavy (non-hydrogen) atoms. The van der Waals surface area contributed by atoms with Crippen molar-refractivity contribution in [3.05, 3.63) is 72.0 Å². The summed E-state index contributed by atoms with van der Waals surface area (Å²) in [5, 5.41) is 7.69. The number of carbonyl (C=O) groups is 1. The van der Waals surface area contributed by atoms with Crippen molar-refractivity contribution in [2.75, 3.05) is 17.7 Å². The summed E-state index contributed by atoms with van der Waals surface area (Å²) in [5.41, 5.74) is 3.85. The van der Waals surface area contributed by atoms with E-state index in [1.165, 1.54) is 6.33 Å². The van der Waals surface area contributed by atoms with Crippen molar-refractivity contribution in [2.45, 2.75) is 20.8 Å². The number of fused-ring (bicyclic) bond motifs is 1. The molecule has 3 aromatic carbocycles. The van der Waals surface area contributed by atoms with Crippen LogP contribution in [0.3, 0.4) is 0 Å². The molecule has 0 unspecified atom stereocenters. The number of nitrogens with zero attached hydrogens (tertiary/aromatic N) is 2. The zero-order valence-electron chi connectivity index (χ0n) is 18.9. The molecule has 0 atom stereocenters. The van der Waals surface area contributed by atoms with E-state index in [4.69, 9.17) is 16.3 Å². The molecule has 1 amide bonds. The molecule has 0 aliphatic heterocycles. The first kappa shape index (κ1) is 22.6. The van der Waals surface area contributed by atoms with Gasteiger partial charge in [-0.05, 0) is 53.6 Å². The van der Waals surface area contributed by atoms with E-state index in [0.29, 0.717) is 16.6 Å². The number of halogens is 1. The van der Waals surface area contributed by atoms with Gasteiger partial charge in [0.2, 0.25) is 5.91 Å². The van der Waals surface area contributed by atoms with Gasteiger partial charge in [-0.15, -0.1) is 0 Å². The monoisotopic (exact) mass is 460 g/mol. The second kappa shape index (κ2) is 9.08. The minimum Gasteiger partial charge on any atom is -0.495 e. The van der Waals surface area contributed by atoms with Gasteiger partial charge in [0.1, 0.15) is 17.9 Å². The minimum absolute atomic E-state index is 0.0313. The largest absolute Gasteiger partial charge is 0.495 e. The predicted molar refractivity (Wildman–Crippen MR) is 134 cm³/mol. The van der Waals surface area contributed by atoms with E-state index in [1.54, 1.807) is 19.2 Å². The third kappa shape index (κ3) is 5.07. The van der Waals surface area contributed by atoms with Crippen LogP contribution in [0.15, 0.2) is 67.0 Å². The first-order valence-electron chi connectivity index (χ1n) is 10.5. The zero-order valence-corrected chi connectivity index (χ0v) is 19.7. The van der Waals surface area contributed by atoms with E-state index < -0.39 is 5.41 Å². The average Bonchev–Trinajstić information content (AvgIpc) is 2.79. The third-order valence-electron chi connectivity index (χ3n) is 5.18. The summed E-state index contributed by atoms with van der Waals surface area (Å²) in [6, 6.07) is 19.3. The summed E-state index contributed by atoms with van der Waals surface area (Å²) >= 11 is 6.27. The molecular weight excluding hydrogens is 436 g/mol. The number of benzene rings is 3. The average molecular weight is 461 g/mol. The van der Waals surface area contributed by atoms with Crippen LogP contribution in [0.4, 0.5) is 17.2 Å². The zero-order chi connectivity index (χ0) is 23.6. The molecule has 7 heteroatoms. The number of aromatic nitrogens is 2. The summed E-state index contributed by atoms with van der Waals surface area (Å²) in [6.07, 6.45) is 1.53. The Labute approximate surface area is 198 Å². The van der Waals surface area contributed by atoms with Crippen LogP contribution in [0.1, 0.15) is 20.8 Å². The minimum atomic E-state index is -0.471. The molecule has 1 aromatic heterocycles. The second-order valence-corrected chi connectivity index (χ2v) is 9.12. The second-order valence-electron chi connectivity index (χ2n) is 8.71. The van der Waals surface area contributed by atoms with E-state index in [1.807, 2.05) is 69.3 Å². The highest BCUT2D eigenvalue weighted by Gasteiger charge is 2.21. The summed E-state index contributed by atoms with van der Waals surface area (Å²) in [5.74, 6) is 1.24. The van der Waals surface area contributed by atoms with Gasteiger partial charge in [-0.25, -0.2) is 9.97 Å². The molecule has 168 valence electrons. The van der Waals surface area contributed by atoms with Crippen LogP contribution in [0.5, 0.6) is 5.75 Å². The lowest BCUT2D eigenvalue weighted by molar-refractivity contribution is -0.123. The highest BCUT2D eigenvalue weighted by atomic mass is 35.5. The number of amides is 1. The Morgan fingerprint density at radius 2 is 1.73 bits per heavy atom. The normalized spacial score (nSPS) is 11.3. The molecule has 0 aliphatic carbocycles. The van der Waals surface area contributed by atoms with E-state index >= 15 is 0 Å². The quantitative estimate of drug-likeness (QED) is 0.347. The Kier molecular flexibility index (Phi) is 6.20. The lowest BCUT2D eigenvalue weighted by Crippen LogP contribution is -2.27. The first-order chi connectivity index (χ1) is 15.7. The molecule has 0 spiro atoms. The van der Waals surface area contributed by atoms with Gasteiger partial charge < -0.3 is 15.4 Å². The molecule has 6 nitrogen and oxygen atoms in total. The van der Waals surface area contributed by atoms with Gasteiger partial charge in [0.05, 0.1) is 17.6 Å². The Bertz CT molecular complexity index is 1330. The highest BCUT2D eigenvalue weighted by Crippen LogP contribution is 2.32. The molecule has 0 saturated carbocycles.